The van der Waals surface area contributed by atoms with Gasteiger partial charge in [0.25, 0.3) is 5.91 Å². The number of fused-ring (bicyclic) bond motifs is 1. The van der Waals surface area contributed by atoms with E-state index in [1.54, 1.807) is 0 Å². The molecule has 3 heteroatoms. The summed E-state index contributed by atoms with van der Waals surface area (Å²) in [6, 6.07) is 15.6. The predicted octanol–water partition coefficient (Wildman–Crippen LogP) is 3.63. The largest absolute Gasteiger partial charge is 0.308 e. The molecule has 0 atom stereocenters. The third kappa shape index (κ3) is 2.24. The van der Waals surface area contributed by atoms with Crippen molar-refractivity contribution < 1.29 is 4.79 Å². The number of para-hydroxylation sites is 1. The molecule has 0 aliphatic carbocycles. The molecule has 0 bridgehead atoms. The van der Waals surface area contributed by atoms with Crippen LogP contribution in [0.25, 0.3) is 0 Å². The third-order valence-electron chi connectivity index (χ3n) is 3.46. The molecule has 1 amide bonds. The monoisotopic (exact) mass is 271 g/mol. The molecular weight excluding hydrogens is 258 g/mol. The molecule has 96 valence electrons. The zero-order valence-electron chi connectivity index (χ0n) is 10.5. The minimum absolute atomic E-state index is 0.0527. The van der Waals surface area contributed by atoms with Crippen LogP contribution in [0.15, 0.2) is 48.5 Å². The van der Waals surface area contributed by atoms with E-state index in [2.05, 4.69) is 6.07 Å². The van der Waals surface area contributed by atoms with Crippen LogP contribution in [0.4, 0.5) is 5.69 Å². The number of carbonyl (C=O) groups excluding carboxylic acids is 1. The lowest BCUT2D eigenvalue weighted by Gasteiger charge is -2.17. The first kappa shape index (κ1) is 12.2. The molecule has 0 N–H and O–H groups in total. The number of anilines is 1. The van der Waals surface area contributed by atoms with Crippen LogP contribution in [0.5, 0.6) is 0 Å². The fourth-order valence-corrected chi connectivity index (χ4v) is 2.66. The van der Waals surface area contributed by atoms with Crippen molar-refractivity contribution in [3.8, 4) is 0 Å². The van der Waals surface area contributed by atoms with Gasteiger partial charge in [-0.3, -0.25) is 4.79 Å². The highest BCUT2D eigenvalue weighted by Gasteiger charge is 2.24. The lowest BCUT2D eigenvalue weighted by atomic mass is 10.1. The summed E-state index contributed by atoms with van der Waals surface area (Å²) in [6.07, 6.45) is 0.928. The first-order chi connectivity index (χ1) is 9.29. The first-order valence-electron chi connectivity index (χ1n) is 6.34. The Morgan fingerprint density at radius 2 is 2.00 bits per heavy atom. The second-order valence-corrected chi connectivity index (χ2v) is 4.94. The number of benzene rings is 2. The van der Waals surface area contributed by atoms with Gasteiger partial charge in [-0.1, -0.05) is 30.3 Å². The summed E-state index contributed by atoms with van der Waals surface area (Å²) in [6.45, 7) is 0.753. The highest BCUT2D eigenvalue weighted by atomic mass is 35.5. The van der Waals surface area contributed by atoms with Crippen molar-refractivity contribution in [2.24, 2.45) is 0 Å². The molecule has 2 aromatic rings. The van der Waals surface area contributed by atoms with Gasteiger partial charge in [-0.15, -0.1) is 11.6 Å². The summed E-state index contributed by atoms with van der Waals surface area (Å²) in [5.41, 5.74) is 3.95. The molecule has 19 heavy (non-hydrogen) atoms. The van der Waals surface area contributed by atoms with Crippen LogP contribution < -0.4 is 4.90 Å². The first-order valence-corrected chi connectivity index (χ1v) is 6.88. The molecule has 0 fully saturated rings. The van der Waals surface area contributed by atoms with E-state index >= 15 is 0 Å². The standard InChI is InChI=1S/C16H14ClNO/c17-11-12-4-3-6-14(10-12)16(19)18-9-8-13-5-1-2-7-15(13)18/h1-7,10H,8-9,11H2. The lowest BCUT2D eigenvalue weighted by Crippen LogP contribution is -2.28. The van der Waals surface area contributed by atoms with Gasteiger partial charge in [0.2, 0.25) is 0 Å². The molecule has 1 aliphatic heterocycles. The molecule has 0 saturated heterocycles. The van der Waals surface area contributed by atoms with E-state index in [1.807, 2.05) is 47.4 Å². The maximum Gasteiger partial charge on any atom is 0.258 e. The topological polar surface area (TPSA) is 20.3 Å². The summed E-state index contributed by atoms with van der Waals surface area (Å²) < 4.78 is 0. The van der Waals surface area contributed by atoms with Gasteiger partial charge in [0, 0.05) is 23.7 Å². The van der Waals surface area contributed by atoms with Gasteiger partial charge in [0.15, 0.2) is 0 Å². The Morgan fingerprint density at radius 1 is 1.16 bits per heavy atom. The highest BCUT2D eigenvalue weighted by Crippen LogP contribution is 2.28. The Kier molecular flexibility index (Phi) is 3.26. The van der Waals surface area contributed by atoms with E-state index < -0.39 is 0 Å². The summed E-state index contributed by atoms with van der Waals surface area (Å²) in [5.74, 6) is 0.481. The van der Waals surface area contributed by atoms with Crippen LogP contribution >= 0.6 is 11.6 Å². The number of amides is 1. The van der Waals surface area contributed by atoms with Crippen molar-refractivity contribution in [2.45, 2.75) is 12.3 Å². The number of halogens is 1. The molecule has 0 unspecified atom stereocenters. The van der Waals surface area contributed by atoms with Crippen molar-refractivity contribution in [1.82, 2.24) is 0 Å². The quantitative estimate of drug-likeness (QED) is 0.764. The van der Waals surface area contributed by atoms with Gasteiger partial charge < -0.3 is 4.90 Å². The van der Waals surface area contributed by atoms with E-state index in [0.29, 0.717) is 11.4 Å². The minimum Gasteiger partial charge on any atom is -0.308 e. The number of rotatable bonds is 2. The molecular formula is C16H14ClNO. The van der Waals surface area contributed by atoms with Crippen LogP contribution in [0.1, 0.15) is 21.5 Å². The van der Waals surface area contributed by atoms with E-state index in [1.165, 1.54) is 5.56 Å². The zero-order chi connectivity index (χ0) is 13.2. The van der Waals surface area contributed by atoms with Crippen LogP contribution in [0, 0.1) is 0 Å². The number of alkyl halides is 1. The van der Waals surface area contributed by atoms with E-state index in [0.717, 1.165) is 24.2 Å². The molecule has 0 spiro atoms. The minimum atomic E-state index is 0.0527. The van der Waals surface area contributed by atoms with Gasteiger partial charge in [-0.2, -0.15) is 0 Å². The normalized spacial score (nSPS) is 13.4. The Hall–Kier alpha value is -1.80. The number of nitrogens with zero attached hydrogens (tertiary/aromatic N) is 1. The molecule has 0 saturated carbocycles. The van der Waals surface area contributed by atoms with E-state index in [9.17, 15) is 4.79 Å². The maximum atomic E-state index is 12.6. The van der Waals surface area contributed by atoms with E-state index in [4.69, 9.17) is 11.6 Å². The fourth-order valence-electron chi connectivity index (χ4n) is 2.49. The summed E-state index contributed by atoms with van der Waals surface area (Å²) in [7, 11) is 0. The van der Waals surface area contributed by atoms with Crippen LogP contribution in [0.2, 0.25) is 0 Å². The van der Waals surface area contributed by atoms with Gasteiger partial charge in [0.05, 0.1) is 0 Å². The van der Waals surface area contributed by atoms with Gasteiger partial charge in [-0.25, -0.2) is 0 Å². The van der Waals surface area contributed by atoms with Crippen molar-refractivity contribution in [3.63, 3.8) is 0 Å². The van der Waals surface area contributed by atoms with Gasteiger partial charge >= 0.3 is 0 Å². The van der Waals surface area contributed by atoms with Crippen LogP contribution in [-0.4, -0.2) is 12.5 Å². The lowest BCUT2D eigenvalue weighted by molar-refractivity contribution is 0.0989. The van der Waals surface area contributed by atoms with Gasteiger partial charge in [0.1, 0.15) is 0 Å². The van der Waals surface area contributed by atoms with Crippen molar-refractivity contribution in [2.75, 3.05) is 11.4 Å². The Balaban J connectivity index is 1.93. The zero-order valence-corrected chi connectivity index (χ0v) is 11.2. The van der Waals surface area contributed by atoms with Crippen LogP contribution in [-0.2, 0) is 12.3 Å². The van der Waals surface area contributed by atoms with E-state index in [-0.39, 0.29) is 5.91 Å². The Morgan fingerprint density at radius 3 is 2.84 bits per heavy atom. The van der Waals surface area contributed by atoms with Crippen molar-refractivity contribution in [1.29, 1.82) is 0 Å². The SMILES string of the molecule is O=C(c1cccc(CCl)c1)N1CCc2ccccc21. The molecule has 0 radical (unpaired) electrons. The van der Waals surface area contributed by atoms with Crippen LogP contribution in [0.3, 0.4) is 0 Å². The number of carbonyl (C=O) groups is 1. The summed E-state index contributed by atoms with van der Waals surface area (Å²) in [4.78, 5) is 14.4. The maximum absolute atomic E-state index is 12.6. The Labute approximate surface area is 117 Å². The average Bonchev–Trinajstić information content (AvgIpc) is 2.90. The van der Waals surface area contributed by atoms with Crippen molar-refractivity contribution in [3.05, 3.63) is 65.2 Å². The second-order valence-electron chi connectivity index (χ2n) is 4.67. The third-order valence-corrected chi connectivity index (χ3v) is 3.77. The number of hydrogen-bond acceptors (Lipinski definition) is 1. The van der Waals surface area contributed by atoms with Gasteiger partial charge in [-0.05, 0) is 35.7 Å². The molecule has 1 aliphatic rings. The molecule has 2 aromatic carbocycles. The smallest absolute Gasteiger partial charge is 0.258 e. The average molecular weight is 272 g/mol. The summed E-state index contributed by atoms with van der Waals surface area (Å²) in [5, 5.41) is 0. The predicted molar refractivity (Wildman–Crippen MR) is 77.8 cm³/mol. The van der Waals surface area contributed by atoms with Crippen molar-refractivity contribution >= 4 is 23.2 Å². The molecule has 3 rings (SSSR count). The molecule has 0 aromatic heterocycles. The highest BCUT2D eigenvalue weighted by molar-refractivity contribution is 6.17. The summed E-state index contributed by atoms with van der Waals surface area (Å²) >= 11 is 5.82. The number of hydrogen-bond donors (Lipinski definition) is 0. The fraction of sp³-hybridized carbons (Fsp3) is 0.188. The Bertz CT molecular complexity index is 624. The molecule has 1 heterocycles. The molecule has 2 nitrogen and oxygen atoms in total. The second kappa shape index (κ2) is 5.06.